The molecule has 0 aliphatic rings. The number of aliphatic carboxylic acids is 3. The molecule has 0 aromatic rings. The van der Waals surface area contributed by atoms with Gasteiger partial charge in [-0.3, -0.25) is 9.59 Å². The summed E-state index contributed by atoms with van der Waals surface area (Å²) < 4.78 is 0. The predicted octanol–water partition coefficient (Wildman–Crippen LogP) is -1.25. The third-order valence-corrected chi connectivity index (χ3v) is 1.29. The Morgan fingerprint density at radius 3 is 1.33 bits per heavy atom. The second-order valence-electron chi connectivity index (χ2n) is 2.48. The number of carbonyl (C=O) groups is 3. The van der Waals surface area contributed by atoms with Gasteiger partial charge >= 0.3 is 44.1 Å². The first-order chi connectivity index (χ1) is 5.78. The SMILES string of the molecule is O=C(O)CC(O)(CC(=O)O)C(=O)O.[Bi+3].[NH4+]. The average molecular weight is 419 g/mol. The van der Waals surface area contributed by atoms with Gasteiger partial charge in [0, 0.05) is 0 Å². The number of carboxylic acid groups (broad SMARTS) is 3. The molecule has 0 saturated heterocycles. The third kappa shape index (κ3) is 7.18. The van der Waals surface area contributed by atoms with Crippen molar-refractivity contribution in [3.8, 4) is 0 Å². The summed E-state index contributed by atoms with van der Waals surface area (Å²) in [5.41, 5.74) is -2.74. The standard InChI is InChI=1S/C6H8O7.Bi.H3N/c7-3(8)1-6(13,5(11)12)2-4(9)10;;/h13H,1-2H2,(H,7,8)(H,9,10)(H,11,12);;1H3/q;+3;/p+1. The van der Waals surface area contributed by atoms with Gasteiger partial charge < -0.3 is 26.6 Å². The number of hydrogen-bond acceptors (Lipinski definition) is 4. The molecule has 0 aromatic heterocycles. The molecular weight excluding hydrogens is 407 g/mol. The van der Waals surface area contributed by atoms with Crippen molar-refractivity contribution >= 4 is 44.1 Å². The minimum atomic E-state index is -2.74. The van der Waals surface area contributed by atoms with Crippen molar-refractivity contribution in [2.24, 2.45) is 0 Å². The maximum atomic E-state index is 10.3. The van der Waals surface area contributed by atoms with E-state index in [9.17, 15) is 14.4 Å². The zero-order valence-corrected chi connectivity index (χ0v) is 11.4. The van der Waals surface area contributed by atoms with Crippen molar-refractivity contribution in [1.82, 2.24) is 6.15 Å². The van der Waals surface area contributed by atoms with E-state index in [0.717, 1.165) is 0 Å². The molecule has 0 heterocycles. The molecule has 0 amide bonds. The Balaban J connectivity index is -0.000000720. The van der Waals surface area contributed by atoms with Crippen molar-refractivity contribution in [1.29, 1.82) is 0 Å². The molecule has 0 fully saturated rings. The van der Waals surface area contributed by atoms with Gasteiger partial charge in [-0.25, -0.2) is 4.79 Å². The Morgan fingerprint density at radius 1 is 0.933 bits per heavy atom. The van der Waals surface area contributed by atoms with E-state index in [0.29, 0.717) is 0 Å². The Kier molecular flexibility index (Phi) is 9.86. The number of hydrogen-bond donors (Lipinski definition) is 5. The molecule has 0 bridgehead atoms. The zero-order valence-electron chi connectivity index (χ0n) is 7.88. The summed E-state index contributed by atoms with van der Waals surface area (Å²) >= 11 is 0. The first-order valence-corrected chi connectivity index (χ1v) is 3.17. The number of aliphatic hydroxyl groups is 1. The topological polar surface area (TPSA) is 169 Å². The van der Waals surface area contributed by atoms with Crippen LogP contribution in [0.1, 0.15) is 12.8 Å². The van der Waals surface area contributed by atoms with Crippen molar-refractivity contribution < 1.29 is 34.8 Å². The quantitative estimate of drug-likeness (QED) is 0.347. The summed E-state index contributed by atoms with van der Waals surface area (Å²) in [6.45, 7) is 0. The van der Waals surface area contributed by atoms with Crippen LogP contribution in [-0.4, -0.2) is 70.1 Å². The number of quaternary nitrogens is 1. The predicted molar refractivity (Wildman–Crippen MR) is 48.8 cm³/mol. The summed E-state index contributed by atoms with van der Waals surface area (Å²) in [5, 5.41) is 33.8. The van der Waals surface area contributed by atoms with E-state index < -0.39 is 36.4 Å². The van der Waals surface area contributed by atoms with Gasteiger partial charge in [0.25, 0.3) is 0 Å². The van der Waals surface area contributed by atoms with E-state index in [1.165, 1.54) is 0 Å². The average Bonchev–Trinajstić information content (AvgIpc) is 1.82. The van der Waals surface area contributed by atoms with E-state index in [-0.39, 0.29) is 32.4 Å². The van der Waals surface area contributed by atoms with Crippen LogP contribution in [0.3, 0.4) is 0 Å². The van der Waals surface area contributed by atoms with E-state index in [4.69, 9.17) is 20.4 Å². The molecule has 8 N–H and O–H groups in total. The summed E-state index contributed by atoms with van der Waals surface area (Å²) in [4.78, 5) is 30.5. The van der Waals surface area contributed by atoms with Crippen LogP contribution in [0, 0.1) is 0 Å². The molecule has 0 unspecified atom stereocenters. The first kappa shape index (κ1) is 19.7. The van der Waals surface area contributed by atoms with Crippen molar-refractivity contribution in [2.45, 2.75) is 18.4 Å². The van der Waals surface area contributed by atoms with Gasteiger partial charge in [-0.05, 0) is 0 Å². The number of rotatable bonds is 5. The van der Waals surface area contributed by atoms with Gasteiger partial charge in [-0.15, -0.1) is 0 Å². The number of carboxylic acids is 3. The van der Waals surface area contributed by atoms with Gasteiger partial charge in [0.05, 0.1) is 12.8 Å². The van der Waals surface area contributed by atoms with Crippen molar-refractivity contribution in [2.75, 3.05) is 0 Å². The van der Waals surface area contributed by atoms with Crippen LogP contribution in [0.4, 0.5) is 0 Å². The molecule has 9 heteroatoms. The molecule has 0 spiro atoms. The van der Waals surface area contributed by atoms with Gasteiger partial charge in [0.2, 0.25) is 0 Å². The van der Waals surface area contributed by atoms with Crippen LogP contribution in [0.25, 0.3) is 0 Å². The van der Waals surface area contributed by atoms with E-state index in [2.05, 4.69) is 0 Å². The zero-order chi connectivity index (χ0) is 10.6. The normalized spacial score (nSPS) is 9.40. The molecule has 8 nitrogen and oxygen atoms in total. The Hall–Kier alpha value is -0.787. The maximum absolute atomic E-state index is 10.3. The van der Waals surface area contributed by atoms with Gasteiger partial charge in [0.15, 0.2) is 5.60 Å². The minimum absolute atomic E-state index is 0. The monoisotopic (exact) mass is 419 g/mol. The molecule has 0 atom stereocenters. The molecule has 0 rings (SSSR count). The van der Waals surface area contributed by atoms with E-state index >= 15 is 0 Å². The van der Waals surface area contributed by atoms with Crippen LogP contribution in [-0.2, 0) is 14.4 Å². The fourth-order valence-electron chi connectivity index (χ4n) is 0.714. The van der Waals surface area contributed by atoms with Gasteiger partial charge in [-0.1, -0.05) is 0 Å². The van der Waals surface area contributed by atoms with E-state index in [1.807, 2.05) is 0 Å². The second kappa shape index (κ2) is 7.50. The van der Waals surface area contributed by atoms with Crippen LogP contribution >= 0.6 is 0 Å². The minimum Gasteiger partial charge on any atom is -0.481 e. The fraction of sp³-hybridized carbons (Fsp3) is 0.500. The molecular formula is C6H12BiNO7+4. The second-order valence-corrected chi connectivity index (χ2v) is 2.48. The van der Waals surface area contributed by atoms with Gasteiger partial charge in [-0.2, -0.15) is 0 Å². The van der Waals surface area contributed by atoms with Gasteiger partial charge in [0.1, 0.15) is 0 Å². The van der Waals surface area contributed by atoms with Crippen LogP contribution in [0.15, 0.2) is 0 Å². The van der Waals surface area contributed by atoms with E-state index in [1.54, 1.807) is 0 Å². The van der Waals surface area contributed by atoms with Crippen LogP contribution < -0.4 is 6.15 Å². The molecule has 0 aliphatic carbocycles. The molecule has 84 valence electrons. The summed E-state index contributed by atoms with van der Waals surface area (Å²) in [7, 11) is 0. The fourth-order valence-corrected chi connectivity index (χ4v) is 0.714. The van der Waals surface area contributed by atoms with Crippen LogP contribution in [0.5, 0.6) is 0 Å². The Labute approximate surface area is 104 Å². The first-order valence-electron chi connectivity index (χ1n) is 3.17. The smallest absolute Gasteiger partial charge is 0.481 e. The summed E-state index contributed by atoms with van der Waals surface area (Å²) in [5.74, 6) is -5.02. The summed E-state index contributed by atoms with van der Waals surface area (Å²) in [6.07, 6.45) is -2.29. The third-order valence-electron chi connectivity index (χ3n) is 1.29. The van der Waals surface area contributed by atoms with Crippen molar-refractivity contribution in [3.05, 3.63) is 0 Å². The van der Waals surface area contributed by atoms with Crippen LogP contribution in [0.2, 0.25) is 0 Å². The Bertz CT molecular complexity index is 238. The molecule has 2 radical (unpaired) electrons. The summed E-state index contributed by atoms with van der Waals surface area (Å²) in [6, 6.07) is 0. The van der Waals surface area contributed by atoms with Crippen molar-refractivity contribution in [3.63, 3.8) is 0 Å². The largest absolute Gasteiger partial charge is 3.00 e. The molecule has 0 aromatic carbocycles. The molecule has 0 saturated carbocycles. The molecule has 15 heavy (non-hydrogen) atoms. The Morgan fingerprint density at radius 2 is 1.20 bits per heavy atom. The maximum Gasteiger partial charge on any atom is 3.00 e. The molecule has 0 aliphatic heterocycles.